The average molecular weight is 538 g/mol. The fourth-order valence-corrected chi connectivity index (χ4v) is 4.93. The van der Waals surface area contributed by atoms with Crippen molar-refractivity contribution in [2.24, 2.45) is 0 Å². The van der Waals surface area contributed by atoms with Crippen molar-refractivity contribution in [3.63, 3.8) is 0 Å². The Morgan fingerprint density at radius 2 is 1.77 bits per heavy atom. The summed E-state index contributed by atoms with van der Waals surface area (Å²) in [4.78, 5) is 31.2. The molecule has 1 N–H and O–H groups in total. The molecule has 1 aromatic carbocycles. The van der Waals surface area contributed by atoms with Gasteiger partial charge in [-0.1, -0.05) is 0 Å². The first-order valence-corrected chi connectivity index (χ1v) is 13.3. The zero-order valence-electron chi connectivity index (χ0n) is 22.6. The van der Waals surface area contributed by atoms with Crippen molar-refractivity contribution in [3.8, 4) is 17.0 Å². The third-order valence-corrected chi connectivity index (χ3v) is 7.07. The van der Waals surface area contributed by atoms with Gasteiger partial charge in [-0.25, -0.2) is 4.98 Å². The predicted octanol–water partition coefficient (Wildman–Crippen LogP) is 2.58. The van der Waals surface area contributed by atoms with Gasteiger partial charge in [0.1, 0.15) is 18.2 Å². The van der Waals surface area contributed by atoms with Crippen molar-refractivity contribution >= 4 is 28.8 Å². The number of rotatable bonds is 8. The Morgan fingerprint density at radius 3 is 2.46 bits per heavy atom. The minimum Gasteiger partial charge on any atom is -0.496 e. The van der Waals surface area contributed by atoms with Crippen LogP contribution in [0, 0.1) is 0 Å². The maximum absolute atomic E-state index is 11.8. The van der Waals surface area contributed by atoms with Crippen LogP contribution in [0.3, 0.4) is 0 Å². The maximum atomic E-state index is 11.8. The SMILES string of the molecule is COc1ccc(-c2ccc3c(N4CCOC[C@H]4C)nc(N4CCOC[C@H]4C)nc3n2)cc1COC(=O)CCO. The van der Waals surface area contributed by atoms with Gasteiger partial charge in [0, 0.05) is 24.2 Å². The number of carbonyl (C=O) groups excluding carboxylic acids is 1. The molecule has 208 valence electrons. The first-order valence-electron chi connectivity index (χ1n) is 13.3. The van der Waals surface area contributed by atoms with Gasteiger partial charge in [0.05, 0.1) is 69.7 Å². The lowest BCUT2D eigenvalue weighted by Gasteiger charge is -2.37. The summed E-state index contributed by atoms with van der Waals surface area (Å²) in [5.74, 6) is 1.63. The van der Waals surface area contributed by atoms with Crippen molar-refractivity contribution in [1.29, 1.82) is 0 Å². The van der Waals surface area contributed by atoms with E-state index in [1.54, 1.807) is 7.11 Å². The van der Waals surface area contributed by atoms with Gasteiger partial charge in [0.25, 0.3) is 0 Å². The van der Waals surface area contributed by atoms with Crippen LogP contribution in [0.15, 0.2) is 30.3 Å². The number of methoxy groups -OCH3 is 1. The van der Waals surface area contributed by atoms with Crippen LogP contribution >= 0.6 is 0 Å². The fourth-order valence-electron chi connectivity index (χ4n) is 4.93. The molecular weight excluding hydrogens is 502 g/mol. The minimum absolute atomic E-state index is 0.0315. The molecule has 11 nitrogen and oxygen atoms in total. The molecule has 0 spiro atoms. The highest BCUT2D eigenvalue weighted by atomic mass is 16.5. The molecule has 2 atom stereocenters. The summed E-state index contributed by atoms with van der Waals surface area (Å²) in [6, 6.07) is 9.95. The molecule has 0 radical (unpaired) electrons. The van der Waals surface area contributed by atoms with E-state index < -0.39 is 5.97 Å². The molecule has 2 saturated heterocycles. The number of ether oxygens (including phenoxy) is 4. The predicted molar refractivity (Wildman–Crippen MR) is 146 cm³/mol. The highest BCUT2D eigenvalue weighted by Gasteiger charge is 2.27. The molecule has 0 aliphatic carbocycles. The van der Waals surface area contributed by atoms with Crippen molar-refractivity contribution < 1.29 is 28.8 Å². The Bertz CT molecular complexity index is 1320. The molecule has 2 fully saturated rings. The van der Waals surface area contributed by atoms with Gasteiger partial charge in [-0.15, -0.1) is 0 Å². The number of aliphatic hydroxyl groups excluding tert-OH is 1. The first-order chi connectivity index (χ1) is 19.0. The second-order valence-electron chi connectivity index (χ2n) is 9.81. The van der Waals surface area contributed by atoms with E-state index >= 15 is 0 Å². The molecule has 39 heavy (non-hydrogen) atoms. The number of benzene rings is 1. The first kappa shape index (κ1) is 27.0. The van der Waals surface area contributed by atoms with Crippen molar-refractivity contribution in [1.82, 2.24) is 15.0 Å². The summed E-state index contributed by atoms with van der Waals surface area (Å²) in [6.45, 7) is 8.00. The molecule has 3 aromatic rings. The molecule has 2 aliphatic rings. The van der Waals surface area contributed by atoms with Crippen LogP contribution < -0.4 is 14.5 Å². The Hall–Kier alpha value is -3.54. The molecular formula is C28H35N5O6. The Balaban J connectivity index is 1.55. The minimum atomic E-state index is -0.472. The van der Waals surface area contributed by atoms with E-state index in [1.807, 2.05) is 30.3 Å². The molecule has 0 saturated carbocycles. The van der Waals surface area contributed by atoms with E-state index in [2.05, 4.69) is 23.6 Å². The van der Waals surface area contributed by atoms with E-state index in [-0.39, 0.29) is 31.7 Å². The largest absolute Gasteiger partial charge is 0.496 e. The van der Waals surface area contributed by atoms with Crippen LogP contribution in [0.1, 0.15) is 25.8 Å². The van der Waals surface area contributed by atoms with Crippen molar-refractivity contribution in [3.05, 3.63) is 35.9 Å². The van der Waals surface area contributed by atoms with Crippen LogP contribution in [0.25, 0.3) is 22.3 Å². The topological polar surface area (TPSA) is 119 Å². The fraction of sp³-hybridized carbons (Fsp3) is 0.500. The molecule has 0 bridgehead atoms. The van der Waals surface area contributed by atoms with Crippen molar-refractivity contribution in [2.75, 3.05) is 63.0 Å². The van der Waals surface area contributed by atoms with Crippen LogP contribution in [-0.2, 0) is 25.6 Å². The highest BCUT2D eigenvalue weighted by molar-refractivity contribution is 5.90. The van der Waals surface area contributed by atoms with E-state index in [0.29, 0.717) is 55.9 Å². The maximum Gasteiger partial charge on any atom is 0.308 e. The Morgan fingerprint density at radius 1 is 1.03 bits per heavy atom. The van der Waals surface area contributed by atoms with Gasteiger partial charge >= 0.3 is 5.97 Å². The lowest BCUT2D eigenvalue weighted by Crippen LogP contribution is -2.46. The van der Waals surface area contributed by atoms with Crippen LogP contribution in [0.4, 0.5) is 11.8 Å². The quantitative estimate of drug-likeness (QED) is 0.427. The van der Waals surface area contributed by atoms with Gasteiger partial charge in [-0.3, -0.25) is 4.79 Å². The second-order valence-corrected chi connectivity index (χ2v) is 9.81. The van der Waals surface area contributed by atoms with Gasteiger partial charge in [-0.2, -0.15) is 9.97 Å². The molecule has 0 unspecified atom stereocenters. The van der Waals surface area contributed by atoms with Crippen molar-refractivity contribution in [2.45, 2.75) is 39.0 Å². The third kappa shape index (κ3) is 5.90. The summed E-state index contributed by atoms with van der Waals surface area (Å²) in [7, 11) is 1.57. The number of morpholine rings is 2. The number of pyridine rings is 1. The van der Waals surface area contributed by atoms with Crippen LogP contribution in [-0.4, -0.2) is 91.3 Å². The number of nitrogens with zero attached hydrogens (tertiary/aromatic N) is 5. The number of esters is 1. The smallest absolute Gasteiger partial charge is 0.308 e. The van der Waals surface area contributed by atoms with E-state index in [0.717, 1.165) is 29.0 Å². The number of carbonyl (C=O) groups is 1. The number of hydrogen-bond acceptors (Lipinski definition) is 11. The zero-order valence-corrected chi connectivity index (χ0v) is 22.6. The molecule has 4 heterocycles. The second kappa shape index (κ2) is 12.1. The summed E-state index contributed by atoms with van der Waals surface area (Å²) in [6.07, 6.45) is -0.0534. The van der Waals surface area contributed by atoms with Gasteiger partial charge in [0.15, 0.2) is 5.65 Å². The highest BCUT2D eigenvalue weighted by Crippen LogP contribution is 2.32. The number of fused-ring (bicyclic) bond motifs is 1. The van der Waals surface area contributed by atoms with Gasteiger partial charge in [0.2, 0.25) is 5.95 Å². The lowest BCUT2D eigenvalue weighted by molar-refractivity contribution is -0.145. The summed E-state index contributed by atoms with van der Waals surface area (Å²) in [5.41, 5.74) is 2.88. The zero-order chi connectivity index (χ0) is 27.4. The van der Waals surface area contributed by atoms with Crippen LogP contribution in [0.5, 0.6) is 5.75 Å². The van der Waals surface area contributed by atoms with Gasteiger partial charge < -0.3 is 33.9 Å². The van der Waals surface area contributed by atoms with E-state index in [4.69, 9.17) is 39.0 Å². The standard InChI is InChI=1S/C28H35N5O6/c1-18-15-37-12-9-32(18)27-22-5-6-23(29-26(22)30-28(31-27)33-10-13-38-16-19(33)2)20-4-7-24(36-3)21(14-20)17-39-25(35)8-11-34/h4-7,14,18-19,34H,8-13,15-17H2,1-3H3/t18-,19-/m1/s1. The Kier molecular flexibility index (Phi) is 8.39. The number of aliphatic hydroxyl groups is 1. The van der Waals surface area contributed by atoms with E-state index in [1.165, 1.54) is 0 Å². The number of anilines is 2. The van der Waals surface area contributed by atoms with E-state index in [9.17, 15) is 4.79 Å². The molecule has 2 aliphatic heterocycles. The number of aromatic nitrogens is 3. The van der Waals surface area contributed by atoms with Gasteiger partial charge in [-0.05, 0) is 44.2 Å². The summed E-state index contributed by atoms with van der Waals surface area (Å²) < 4.78 is 22.1. The summed E-state index contributed by atoms with van der Waals surface area (Å²) >= 11 is 0. The summed E-state index contributed by atoms with van der Waals surface area (Å²) in [5, 5.41) is 9.86. The molecule has 11 heteroatoms. The lowest BCUT2D eigenvalue weighted by atomic mass is 10.1. The Labute approximate surface area is 227 Å². The normalized spacial score (nSPS) is 19.8. The monoisotopic (exact) mass is 537 g/mol. The van der Waals surface area contributed by atoms with Crippen LogP contribution in [0.2, 0.25) is 0 Å². The molecule has 2 aromatic heterocycles. The number of hydrogen-bond donors (Lipinski definition) is 1. The average Bonchev–Trinajstić information content (AvgIpc) is 2.96. The third-order valence-electron chi connectivity index (χ3n) is 7.07. The molecule has 0 amide bonds. The molecule has 5 rings (SSSR count).